The topological polar surface area (TPSA) is 43.1 Å². The molecule has 1 unspecified atom stereocenters. The number of hydrogen-bond donors (Lipinski definition) is 1. The van der Waals surface area contributed by atoms with Crippen LogP contribution in [-0.2, 0) is 10.8 Å². The fraction of sp³-hybridized carbons (Fsp3) is 0.500. The number of hydrogen-bond acceptors (Lipinski definition) is 2. The molecule has 2 nitrogen and oxygen atoms in total. The first-order chi connectivity index (χ1) is 10.5. The zero-order valence-corrected chi connectivity index (χ0v) is 12.8. The number of nitrogen functional groups attached to an aromatic ring is 1. The Morgan fingerprint density at radius 3 is 1.54 bits per heavy atom. The highest BCUT2D eigenvalue weighted by Crippen LogP contribution is 2.54. The van der Waals surface area contributed by atoms with Gasteiger partial charge in [-0.2, -0.15) is 39.5 Å². The monoisotopic (exact) mass is 387 g/mol. The minimum atomic E-state index is -7.09. The molecule has 0 saturated heterocycles. The van der Waals surface area contributed by atoms with E-state index in [2.05, 4.69) is 0 Å². The van der Waals surface area contributed by atoms with Gasteiger partial charge in [-0.15, -0.1) is 0 Å². The van der Waals surface area contributed by atoms with Crippen molar-refractivity contribution in [2.45, 2.75) is 42.0 Å². The van der Waals surface area contributed by atoms with Gasteiger partial charge in [-0.25, -0.2) is 4.21 Å². The molecule has 1 rings (SSSR count). The third kappa shape index (κ3) is 2.95. The second kappa shape index (κ2) is 5.81. The van der Waals surface area contributed by atoms with Crippen LogP contribution in [0.3, 0.4) is 0 Å². The summed E-state index contributed by atoms with van der Waals surface area (Å²) in [7, 11) is -4.19. The fourth-order valence-corrected chi connectivity index (χ4v) is 2.89. The second-order valence-electron chi connectivity index (χ2n) is 4.90. The van der Waals surface area contributed by atoms with E-state index in [-0.39, 0.29) is 16.8 Å². The molecule has 0 bridgehead atoms. The van der Waals surface area contributed by atoms with Gasteiger partial charge in [0, 0.05) is 10.6 Å². The Kier molecular flexibility index (Phi) is 4.99. The van der Waals surface area contributed by atoms with Crippen LogP contribution in [0, 0.1) is 13.8 Å². The summed E-state index contributed by atoms with van der Waals surface area (Å²) < 4.78 is 127. The molecule has 138 valence electrons. The maximum Gasteiger partial charge on any atom is 0.460 e. The number of halogens is 9. The van der Waals surface area contributed by atoms with Crippen molar-refractivity contribution in [2.75, 3.05) is 5.73 Å². The molecule has 0 radical (unpaired) electrons. The van der Waals surface area contributed by atoms with Gasteiger partial charge in [0.15, 0.2) is 0 Å². The molecule has 0 spiro atoms. The van der Waals surface area contributed by atoms with Crippen LogP contribution in [-0.4, -0.2) is 27.5 Å². The van der Waals surface area contributed by atoms with Crippen LogP contribution >= 0.6 is 0 Å². The molecule has 1 aromatic carbocycles. The van der Waals surface area contributed by atoms with E-state index >= 15 is 0 Å². The molecule has 0 heterocycles. The molecule has 0 fully saturated rings. The van der Waals surface area contributed by atoms with E-state index in [1.165, 1.54) is 13.8 Å². The van der Waals surface area contributed by atoms with E-state index in [0.717, 1.165) is 0 Å². The van der Waals surface area contributed by atoms with Crippen LogP contribution < -0.4 is 5.73 Å². The van der Waals surface area contributed by atoms with Crippen LogP contribution in [0.2, 0.25) is 0 Å². The quantitative estimate of drug-likeness (QED) is 0.614. The van der Waals surface area contributed by atoms with Crippen molar-refractivity contribution in [2.24, 2.45) is 0 Å². The molecule has 1 aromatic rings. The van der Waals surface area contributed by atoms with Crippen molar-refractivity contribution in [3.8, 4) is 0 Å². The predicted octanol–water partition coefficient (Wildman–Crippen LogP) is 4.42. The lowest BCUT2D eigenvalue weighted by molar-refractivity contribution is -0.381. The van der Waals surface area contributed by atoms with Gasteiger partial charge in [-0.1, -0.05) is 0 Å². The number of benzene rings is 1. The zero-order chi connectivity index (χ0) is 19.3. The average molecular weight is 387 g/mol. The zero-order valence-electron chi connectivity index (χ0n) is 12.0. The minimum Gasteiger partial charge on any atom is -0.398 e. The molecule has 0 aliphatic heterocycles. The van der Waals surface area contributed by atoms with E-state index in [4.69, 9.17) is 5.73 Å². The van der Waals surface area contributed by atoms with E-state index < -0.39 is 39.0 Å². The molecule has 0 aliphatic carbocycles. The normalized spacial score (nSPS) is 15.5. The second-order valence-corrected chi connectivity index (χ2v) is 6.42. The molecule has 0 aromatic heterocycles. The number of anilines is 1. The first kappa shape index (κ1) is 20.6. The summed E-state index contributed by atoms with van der Waals surface area (Å²) >= 11 is 0. The lowest BCUT2D eigenvalue weighted by atomic mass is 10.1. The highest BCUT2D eigenvalue weighted by atomic mass is 32.2. The molecule has 24 heavy (non-hydrogen) atoms. The molecular weight excluding hydrogens is 377 g/mol. The molecule has 2 N–H and O–H groups in total. The molecule has 1 atom stereocenters. The molecule has 0 saturated carbocycles. The fourth-order valence-electron chi connectivity index (χ4n) is 1.67. The number of alkyl halides is 9. The lowest BCUT2D eigenvalue weighted by Crippen LogP contribution is -2.62. The van der Waals surface area contributed by atoms with Crippen LogP contribution in [0.1, 0.15) is 11.1 Å². The van der Waals surface area contributed by atoms with Crippen molar-refractivity contribution in [1.82, 2.24) is 0 Å². The standard InChI is InChI=1S/C12H10F9NOS/c1-5-3-7(4-6(2)8(5)22)24(23)12(20,21)10(15,16)9(13,14)11(17,18)19/h3-4H,22H2,1-2H3. The number of nitrogens with two attached hydrogens (primary N) is 1. The van der Waals surface area contributed by atoms with E-state index in [1.807, 2.05) is 0 Å². The van der Waals surface area contributed by atoms with E-state index in [1.54, 1.807) is 0 Å². The van der Waals surface area contributed by atoms with Crippen molar-refractivity contribution >= 4 is 16.5 Å². The first-order valence-electron chi connectivity index (χ1n) is 5.97. The van der Waals surface area contributed by atoms with Crippen LogP contribution in [0.15, 0.2) is 17.0 Å². The van der Waals surface area contributed by atoms with Crippen molar-refractivity contribution < 1.29 is 43.7 Å². The Morgan fingerprint density at radius 2 is 1.21 bits per heavy atom. The Balaban J connectivity index is 3.45. The molecule has 12 heteroatoms. The van der Waals surface area contributed by atoms with Crippen LogP contribution in [0.4, 0.5) is 45.2 Å². The first-order valence-corrected chi connectivity index (χ1v) is 7.12. The van der Waals surface area contributed by atoms with Gasteiger partial charge in [0.05, 0.1) is 0 Å². The third-order valence-electron chi connectivity index (χ3n) is 3.13. The van der Waals surface area contributed by atoms with Crippen LogP contribution in [0.5, 0.6) is 0 Å². The minimum absolute atomic E-state index is 0.0139. The van der Waals surface area contributed by atoms with Gasteiger partial charge in [0.1, 0.15) is 10.8 Å². The Morgan fingerprint density at radius 1 is 0.833 bits per heavy atom. The van der Waals surface area contributed by atoms with Gasteiger partial charge < -0.3 is 5.73 Å². The smallest absolute Gasteiger partial charge is 0.398 e. The summed E-state index contributed by atoms with van der Waals surface area (Å²) in [5, 5.41) is -6.19. The third-order valence-corrected chi connectivity index (χ3v) is 4.52. The molecule has 0 amide bonds. The SMILES string of the molecule is Cc1cc(S(=O)C(F)(F)C(F)(F)C(F)(F)C(F)(F)F)cc(C)c1N. The van der Waals surface area contributed by atoms with Gasteiger partial charge in [0.25, 0.3) is 0 Å². The summed E-state index contributed by atoms with van der Waals surface area (Å²) in [6.45, 7) is 2.45. The molecule has 0 aliphatic rings. The summed E-state index contributed by atoms with van der Waals surface area (Å²) in [5.74, 6) is -14.0. The van der Waals surface area contributed by atoms with Crippen LogP contribution in [0.25, 0.3) is 0 Å². The molecular formula is C12H10F9NOS. The Hall–Kier alpha value is -1.46. The summed E-state index contributed by atoms with van der Waals surface area (Å²) in [4.78, 5) is -1.05. The van der Waals surface area contributed by atoms with Crippen molar-refractivity contribution in [3.05, 3.63) is 23.3 Å². The van der Waals surface area contributed by atoms with Crippen molar-refractivity contribution in [3.63, 3.8) is 0 Å². The summed E-state index contributed by atoms with van der Waals surface area (Å²) in [6.07, 6.45) is -6.96. The van der Waals surface area contributed by atoms with Crippen molar-refractivity contribution in [1.29, 1.82) is 0 Å². The van der Waals surface area contributed by atoms with Gasteiger partial charge >= 0.3 is 23.3 Å². The van der Waals surface area contributed by atoms with Gasteiger partial charge in [-0.3, -0.25) is 0 Å². The Labute approximate surface area is 132 Å². The maximum atomic E-state index is 13.6. The lowest BCUT2D eigenvalue weighted by Gasteiger charge is -2.33. The average Bonchev–Trinajstić information content (AvgIpc) is 2.41. The number of aryl methyl sites for hydroxylation is 2. The number of rotatable bonds is 4. The van der Waals surface area contributed by atoms with Gasteiger partial charge in [0.2, 0.25) is 0 Å². The maximum absolute atomic E-state index is 13.6. The Bertz CT molecular complexity index is 646. The van der Waals surface area contributed by atoms with E-state index in [9.17, 15) is 43.7 Å². The highest BCUT2D eigenvalue weighted by molar-refractivity contribution is 7.86. The summed E-state index contributed by atoms with van der Waals surface area (Å²) in [6, 6.07) is 1.29. The largest absolute Gasteiger partial charge is 0.460 e. The van der Waals surface area contributed by atoms with E-state index in [0.29, 0.717) is 12.1 Å². The predicted molar refractivity (Wildman–Crippen MR) is 67.6 cm³/mol. The highest BCUT2D eigenvalue weighted by Gasteiger charge is 2.83. The summed E-state index contributed by atoms with van der Waals surface area (Å²) in [5.41, 5.74) is 5.53. The van der Waals surface area contributed by atoms with Gasteiger partial charge in [-0.05, 0) is 37.1 Å².